The Labute approximate surface area is 113 Å². The Kier molecular flexibility index (Phi) is 3.74. The number of carbonyl (C=O) groups is 1. The number of hydrogen-bond donors (Lipinski definition) is 1. The van der Waals surface area contributed by atoms with Gasteiger partial charge in [0.15, 0.2) is 0 Å². The van der Waals surface area contributed by atoms with Crippen molar-refractivity contribution < 1.29 is 14.1 Å². The van der Waals surface area contributed by atoms with Gasteiger partial charge in [-0.15, -0.1) is 0 Å². The molecule has 0 spiro atoms. The maximum absolute atomic E-state index is 13.3. The van der Waals surface area contributed by atoms with E-state index < -0.39 is 16.6 Å². The average molecular weight is 278 g/mol. The molecule has 104 valence electrons. The lowest BCUT2D eigenvalue weighted by Gasteiger charge is -2.06. The summed E-state index contributed by atoms with van der Waals surface area (Å²) in [6, 6.07) is 4.34. The second kappa shape index (κ2) is 5.47. The SMILES string of the molecule is Cc1ccc(NC(=O)Cn2cnc([N+](=O)[O-])c2)cc1F. The maximum atomic E-state index is 13.3. The second-order valence-corrected chi connectivity index (χ2v) is 4.17. The number of rotatable bonds is 4. The van der Waals surface area contributed by atoms with Crippen LogP contribution in [0.15, 0.2) is 30.7 Å². The lowest BCUT2D eigenvalue weighted by molar-refractivity contribution is -0.389. The summed E-state index contributed by atoms with van der Waals surface area (Å²) in [6.45, 7) is 1.47. The van der Waals surface area contributed by atoms with Crippen molar-refractivity contribution in [2.45, 2.75) is 13.5 Å². The summed E-state index contributed by atoms with van der Waals surface area (Å²) in [7, 11) is 0. The van der Waals surface area contributed by atoms with Gasteiger partial charge in [-0.2, -0.15) is 0 Å². The molecular weight excluding hydrogens is 267 g/mol. The molecule has 0 aliphatic rings. The Morgan fingerprint density at radius 1 is 1.55 bits per heavy atom. The summed E-state index contributed by atoms with van der Waals surface area (Å²) in [5.74, 6) is -1.18. The third-order valence-corrected chi connectivity index (χ3v) is 2.59. The average Bonchev–Trinajstić information content (AvgIpc) is 2.82. The highest BCUT2D eigenvalue weighted by Gasteiger charge is 2.12. The van der Waals surface area contributed by atoms with E-state index in [0.717, 1.165) is 6.20 Å². The van der Waals surface area contributed by atoms with Gasteiger partial charge in [0, 0.05) is 5.69 Å². The highest BCUT2D eigenvalue weighted by Crippen LogP contribution is 2.13. The Balaban J connectivity index is 2.01. The number of nitrogens with one attached hydrogen (secondary N) is 1. The molecule has 2 rings (SSSR count). The molecule has 0 saturated carbocycles. The molecule has 0 bridgehead atoms. The molecule has 0 radical (unpaired) electrons. The third kappa shape index (κ3) is 3.16. The molecule has 1 aromatic carbocycles. The molecule has 0 saturated heterocycles. The van der Waals surface area contributed by atoms with Gasteiger partial charge in [0.25, 0.3) is 0 Å². The summed E-state index contributed by atoms with van der Waals surface area (Å²) >= 11 is 0. The van der Waals surface area contributed by atoms with Crippen molar-refractivity contribution in [2.75, 3.05) is 5.32 Å². The first-order valence-electron chi connectivity index (χ1n) is 5.68. The standard InChI is InChI=1S/C12H11FN4O3/c1-8-2-3-9(4-10(8)13)15-12(18)6-16-5-11(14-7-16)17(19)20/h2-5,7H,6H2,1H3,(H,15,18). The van der Waals surface area contributed by atoms with Crippen LogP contribution in [0.5, 0.6) is 0 Å². The minimum absolute atomic E-state index is 0.143. The number of imidazole rings is 1. The number of benzene rings is 1. The molecule has 20 heavy (non-hydrogen) atoms. The van der Waals surface area contributed by atoms with Crippen molar-refractivity contribution in [1.82, 2.24) is 9.55 Å². The van der Waals surface area contributed by atoms with E-state index in [1.165, 1.54) is 17.0 Å². The van der Waals surface area contributed by atoms with Crippen molar-refractivity contribution in [1.29, 1.82) is 0 Å². The molecule has 1 heterocycles. The second-order valence-electron chi connectivity index (χ2n) is 4.17. The van der Waals surface area contributed by atoms with Gasteiger partial charge in [0.2, 0.25) is 12.2 Å². The number of nitro groups is 1. The highest BCUT2D eigenvalue weighted by atomic mass is 19.1. The quantitative estimate of drug-likeness (QED) is 0.683. The first-order valence-corrected chi connectivity index (χ1v) is 5.68. The Morgan fingerprint density at radius 3 is 2.90 bits per heavy atom. The molecule has 0 unspecified atom stereocenters. The van der Waals surface area contributed by atoms with Crippen LogP contribution in [-0.2, 0) is 11.3 Å². The van der Waals surface area contributed by atoms with Crippen LogP contribution in [0.2, 0.25) is 0 Å². The fourth-order valence-electron chi connectivity index (χ4n) is 1.57. The van der Waals surface area contributed by atoms with E-state index in [4.69, 9.17) is 0 Å². The van der Waals surface area contributed by atoms with E-state index in [2.05, 4.69) is 10.3 Å². The summed E-state index contributed by atoms with van der Waals surface area (Å²) in [4.78, 5) is 25.0. The van der Waals surface area contributed by atoms with Crippen LogP contribution in [-0.4, -0.2) is 20.4 Å². The monoisotopic (exact) mass is 278 g/mol. The number of halogens is 1. The van der Waals surface area contributed by atoms with Crippen molar-refractivity contribution >= 4 is 17.4 Å². The van der Waals surface area contributed by atoms with Crippen LogP contribution in [0.4, 0.5) is 15.9 Å². The Bertz CT molecular complexity index is 668. The molecule has 1 aromatic heterocycles. The summed E-state index contributed by atoms with van der Waals surface area (Å²) in [5.41, 5.74) is 0.806. The zero-order chi connectivity index (χ0) is 14.7. The fraction of sp³-hybridized carbons (Fsp3) is 0.167. The van der Waals surface area contributed by atoms with E-state index in [-0.39, 0.29) is 12.4 Å². The van der Waals surface area contributed by atoms with Crippen molar-refractivity contribution in [3.63, 3.8) is 0 Å². The molecule has 0 fully saturated rings. The molecule has 0 aliphatic heterocycles. The number of carbonyl (C=O) groups excluding carboxylic acids is 1. The first-order chi connectivity index (χ1) is 9.45. The third-order valence-electron chi connectivity index (χ3n) is 2.59. The number of nitrogens with zero attached hydrogens (tertiary/aromatic N) is 3. The minimum atomic E-state index is -0.649. The predicted molar refractivity (Wildman–Crippen MR) is 68.6 cm³/mol. The smallest absolute Gasteiger partial charge is 0.358 e. The number of aryl methyl sites for hydroxylation is 1. The summed E-state index contributed by atoms with van der Waals surface area (Å²) in [5, 5.41) is 12.9. The van der Waals surface area contributed by atoms with Gasteiger partial charge in [-0.05, 0) is 34.5 Å². The Hall–Kier alpha value is -2.77. The van der Waals surface area contributed by atoms with Gasteiger partial charge in [-0.1, -0.05) is 6.07 Å². The molecule has 2 aromatic rings. The van der Waals surface area contributed by atoms with Crippen LogP contribution in [0.1, 0.15) is 5.56 Å². The zero-order valence-electron chi connectivity index (χ0n) is 10.5. The number of aromatic nitrogens is 2. The van der Waals surface area contributed by atoms with Crippen LogP contribution >= 0.6 is 0 Å². The molecule has 8 heteroatoms. The zero-order valence-corrected chi connectivity index (χ0v) is 10.5. The molecular formula is C12H11FN4O3. The van der Waals surface area contributed by atoms with Crippen molar-refractivity contribution in [2.24, 2.45) is 0 Å². The lowest BCUT2D eigenvalue weighted by atomic mass is 10.2. The topological polar surface area (TPSA) is 90.1 Å². The fourth-order valence-corrected chi connectivity index (χ4v) is 1.57. The van der Waals surface area contributed by atoms with Gasteiger partial charge >= 0.3 is 5.82 Å². The van der Waals surface area contributed by atoms with Crippen molar-refractivity contribution in [3.8, 4) is 0 Å². The van der Waals surface area contributed by atoms with E-state index in [1.54, 1.807) is 19.1 Å². The van der Waals surface area contributed by atoms with E-state index in [0.29, 0.717) is 11.3 Å². The normalized spacial score (nSPS) is 10.3. The largest absolute Gasteiger partial charge is 0.381 e. The van der Waals surface area contributed by atoms with Gasteiger partial charge in [-0.25, -0.2) is 4.39 Å². The summed E-state index contributed by atoms with van der Waals surface area (Å²) < 4.78 is 14.6. The van der Waals surface area contributed by atoms with Crippen molar-refractivity contribution in [3.05, 3.63) is 52.2 Å². The van der Waals surface area contributed by atoms with Crippen LogP contribution in [0.25, 0.3) is 0 Å². The predicted octanol–water partition coefficient (Wildman–Crippen LogP) is 1.88. The molecule has 0 atom stereocenters. The summed E-state index contributed by atoms with van der Waals surface area (Å²) in [6.07, 6.45) is 2.34. The van der Waals surface area contributed by atoms with Crippen LogP contribution in [0, 0.1) is 22.9 Å². The number of hydrogen-bond acceptors (Lipinski definition) is 4. The van der Waals surface area contributed by atoms with Gasteiger partial charge in [0.1, 0.15) is 18.6 Å². The van der Waals surface area contributed by atoms with Gasteiger partial charge < -0.3 is 20.0 Å². The van der Waals surface area contributed by atoms with Crippen LogP contribution < -0.4 is 5.32 Å². The minimum Gasteiger partial charge on any atom is -0.358 e. The molecule has 7 nitrogen and oxygen atoms in total. The molecule has 0 aliphatic carbocycles. The molecule has 1 amide bonds. The van der Waals surface area contributed by atoms with E-state index in [1.807, 2.05) is 0 Å². The highest BCUT2D eigenvalue weighted by molar-refractivity contribution is 5.90. The number of anilines is 1. The number of amides is 1. The lowest BCUT2D eigenvalue weighted by Crippen LogP contribution is -2.18. The van der Waals surface area contributed by atoms with E-state index >= 15 is 0 Å². The van der Waals surface area contributed by atoms with E-state index in [9.17, 15) is 19.3 Å². The van der Waals surface area contributed by atoms with Gasteiger partial charge in [0.05, 0.1) is 0 Å². The maximum Gasteiger partial charge on any atom is 0.381 e. The molecule has 1 N–H and O–H groups in total. The Morgan fingerprint density at radius 2 is 2.30 bits per heavy atom. The van der Waals surface area contributed by atoms with Gasteiger partial charge in [-0.3, -0.25) is 4.79 Å². The first kappa shape index (κ1) is 13.7. The van der Waals surface area contributed by atoms with Crippen LogP contribution in [0.3, 0.4) is 0 Å².